The third-order valence-corrected chi connectivity index (χ3v) is 2.72. The maximum atomic E-state index is 11.9. The highest BCUT2D eigenvalue weighted by Crippen LogP contribution is 2.16. The Labute approximate surface area is 95.5 Å². The van der Waals surface area contributed by atoms with Crippen LogP contribution in [0.15, 0.2) is 0 Å². The Balaban J connectivity index is 2.52. The zero-order valence-corrected chi connectivity index (χ0v) is 10.0. The third-order valence-electron chi connectivity index (χ3n) is 2.72. The van der Waals surface area contributed by atoms with Crippen LogP contribution < -0.4 is 5.32 Å². The molecule has 0 aromatic carbocycles. The molecule has 0 aliphatic carbocycles. The molecule has 1 aliphatic rings. The first-order chi connectivity index (χ1) is 7.47. The molecule has 1 heterocycles. The van der Waals surface area contributed by atoms with Crippen LogP contribution in [0.3, 0.4) is 0 Å². The Hall–Kier alpha value is -1.10. The molecular weight excluding hydrogens is 210 g/mol. The summed E-state index contributed by atoms with van der Waals surface area (Å²) in [7, 11) is 1.31. The molecule has 0 aromatic heterocycles. The molecule has 0 radical (unpaired) electrons. The third kappa shape index (κ3) is 3.20. The fourth-order valence-electron chi connectivity index (χ4n) is 1.68. The van der Waals surface area contributed by atoms with Gasteiger partial charge in [-0.1, -0.05) is 0 Å². The van der Waals surface area contributed by atoms with Crippen molar-refractivity contribution >= 4 is 11.9 Å². The van der Waals surface area contributed by atoms with Crippen molar-refractivity contribution in [1.82, 2.24) is 5.32 Å². The minimum atomic E-state index is -0.968. The van der Waals surface area contributed by atoms with Crippen molar-refractivity contribution in [3.8, 4) is 0 Å². The van der Waals surface area contributed by atoms with Gasteiger partial charge in [-0.25, -0.2) is 4.79 Å². The molecule has 0 unspecified atom stereocenters. The van der Waals surface area contributed by atoms with Gasteiger partial charge in [-0.15, -0.1) is 0 Å². The summed E-state index contributed by atoms with van der Waals surface area (Å²) in [5, 5.41) is 2.71. The van der Waals surface area contributed by atoms with E-state index in [1.807, 2.05) is 0 Å². The molecule has 1 amide bonds. The molecule has 5 nitrogen and oxygen atoms in total. The first-order valence-corrected chi connectivity index (χ1v) is 5.45. The second-order valence-corrected chi connectivity index (χ2v) is 4.49. The second-order valence-electron chi connectivity index (χ2n) is 4.49. The number of hydrogen-bond donors (Lipinski definition) is 1. The summed E-state index contributed by atoms with van der Waals surface area (Å²) in [5.41, 5.74) is -0.968. The zero-order valence-electron chi connectivity index (χ0n) is 10.0. The van der Waals surface area contributed by atoms with Crippen molar-refractivity contribution in [3.63, 3.8) is 0 Å². The summed E-state index contributed by atoms with van der Waals surface area (Å²) < 4.78 is 9.80. The molecule has 1 aliphatic heterocycles. The summed E-state index contributed by atoms with van der Waals surface area (Å²) in [4.78, 5) is 23.2. The SMILES string of the molecule is COC(=O)C(C)(C)NC(=O)C1CCOCC1. The van der Waals surface area contributed by atoms with Gasteiger partial charge in [0.05, 0.1) is 7.11 Å². The Morgan fingerprint density at radius 2 is 1.88 bits per heavy atom. The lowest BCUT2D eigenvalue weighted by atomic mass is 9.97. The number of carbonyl (C=O) groups is 2. The largest absolute Gasteiger partial charge is 0.467 e. The minimum Gasteiger partial charge on any atom is -0.467 e. The van der Waals surface area contributed by atoms with Gasteiger partial charge in [-0.05, 0) is 26.7 Å². The number of amides is 1. The van der Waals surface area contributed by atoms with Gasteiger partial charge in [0, 0.05) is 19.1 Å². The maximum absolute atomic E-state index is 11.9. The molecule has 16 heavy (non-hydrogen) atoms. The average molecular weight is 229 g/mol. The molecule has 1 rings (SSSR count). The molecule has 0 atom stereocenters. The van der Waals surface area contributed by atoms with Crippen LogP contribution in [0.4, 0.5) is 0 Å². The van der Waals surface area contributed by atoms with Gasteiger partial charge in [0.1, 0.15) is 5.54 Å². The standard InChI is InChI=1S/C11H19NO4/c1-11(2,10(14)15-3)12-9(13)8-4-6-16-7-5-8/h8H,4-7H2,1-3H3,(H,12,13). The lowest BCUT2D eigenvalue weighted by Gasteiger charge is -2.27. The number of hydrogen-bond acceptors (Lipinski definition) is 4. The number of carbonyl (C=O) groups excluding carboxylic acids is 2. The van der Waals surface area contributed by atoms with E-state index in [1.54, 1.807) is 13.8 Å². The van der Waals surface area contributed by atoms with Gasteiger partial charge >= 0.3 is 5.97 Å². The Kier molecular flexibility index (Phi) is 4.29. The highest BCUT2D eigenvalue weighted by molar-refractivity contribution is 5.88. The first-order valence-electron chi connectivity index (χ1n) is 5.45. The molecule has 0 spiro atoms. The van der Waals surface area contributed by atoms with Gasteiger partial charge in [-0.2, -0.15) is 0 Å². The van der Waals surface area contributed by atoms with Gasteiger partial charge in [0.2, 0.25) is 5.91 Å². The minimum absolute atomic E-state index is 0.0577. The number of ether oxygens (including phenoxy) is 2. The van der Waals surface area contributed by atoms with Crippen LogP contribution in [0, 0.1) is 5.92 Å². The summed E-state index contributed by atoms with van der Waals surface area (Å²) >= 11 is 0. The van der Waals surface area contributed by atoms with Crippen molar-refractivity contribution in [2.24, 2.45) is 5.92 Å². The average Bonchev–Trinajstić information content (AvgIpc) is 2.28. The Morgan fingerprint density at radius 1 is 1.31 bits per heavy atom. The molecule has 1 fully saturated rings. The Morgan fingerprint density at radius 3 is 2.38 bits per heavy atom. The predicted octanol–water partition coefficient (Wildman–Crippen LogP) is 0.481. The lowest BCUT2D eigenvalue weighted by Crippen LogP contribution is -2.52. The second kappa shape index (κ2) is 5.30. The fourth-order valence-corrected chi connectivity index (χ4v) is 1.68. The van der Waals surface area contributed by atoms with Crippen molar-refractivity contribution in [1.29, 1.82) is 0 Å². The summed E-state index contributed by atoms with van der Waals surface area (Å²) in [5.74, 6) is -0.593. The van der Waals surface area contributed by atoms with Crippen LogP contribution in [-0.2, 0) is 19.1 Å². The summed E-state index contributed by atoms with van der Waals surface area (Å²) in [6.45, 7) is 4.49. The lowest BCUT2D eigenvalue weighted by molar-refractivity contribution is -0.150. The van der Waals surface area contributed by atoms with E-state index in [0.29, 0.717) is 26.1 Å². The van der Waals surface area contributed by atoms with Crippen LogP contribution in [0.2, 0.25) is 0 Å². The Bertz CT molecular complexity index is 269. The van der Waals surface area contributed by atoms with E-state index in [4.69, 9.17) is 4.74 Å². The van der Waals surface area contributed by atoms with E-state index in [-0.39, 0.29) is 11.8 Å². The molecule has 0 aromatic rings. The van der Waals surface area contributed by atoms with Crippen LogP contribution in [0.5, 0.6) is 0 Å². The number of methoxy groups -OCH3 is 1. The smallest absolute Gasteiger partial charge is 0.330 e. The van der Waals surface area contributed by atoms with Gasteiger partial charge in [-0.3, -0.25) is 4.79 Å². The quantitative estimate of drug-likeness (QED) is 0.715. The van der Waals surface area contributed by atoms with Crippen LogP contribution in [0.25, 0.3) is 0 Å². The van der Waals surface area contributed by atoms with E-state index in [2.05, 4.69) is 10.1 Å². The van der Waals surface area contributed by atoms with E-state index in [0.717, 1.165) is 0 Å². The zero-order chi connectivity index (χ0) is 12.2. The monoisotopic (exact) mass is 229 g/mol. The molecular formula is C11H19NO4. The van der Waals surface area contributed by atoms with E-state index in [9.17, 15) is 9.59 Å². The maximum Gasteiger partial charge on any atom is 0.330 e. The van der Waals surface area contributed by atoms with Crippen molar-refractivity contribution in [3.05, 3.63) is 0 Å². The highest BCUT2D eigenvalue weighted by Gasteiger charge is 2.33. The van der Waals surface area contributed by atoms with Crippen LogP contribution in [-0.4, -0.2) is 37.7 Å². The molecule has 5 heteroatoms. The van der Waals surface area contributed by atoms with Crippen LogP contribution in [0.1, 0.15) is 26.7 Å². The topological polar surface area (TPSA) is 64.6 Å². The van der Waals surface area contributed by atoms with Crippen molar-refractivity contribution < 1.29 is 19.1 Å². The summed E-state index contributed by atoms with van der Waals surface area (Å²) in [6, 6.07) is 0. The molecule has 1 N–H and O–H groups in total. The van der Waals surface area contributed by atoms with Crippen molar-refractivity contribution in [2.75, 3.05) is 20.3 Å². The first kappa shape index (κ1) is 13.0. The summed E-state index contributed by atoms with van der Waals surface area (Å²) in [6.07, 6.45) is 1.42. The van der Waals surface area contributed by atoms with Gasteiger partial charge in [0.25, 0.3) is 0 Å². The number of esters is 1. The fraction of sp³-hybridized carbons (Fsp3) is 0.818. The van der Waals surface area contributed by atoms with E-state index >= 15 is 0 Å². The van der Waals surface area contributed by atoms with E-state index < -0.39 is 11.5 Å². The van der Waals surface area contributed by atoms with Crippen molar-refractivity contribution in [2.45, 2.75) is 32.2 Å². The molecule has 1 saturated heterocycles. The van der Waals surface area contributed by atoms with Gasteiger partial charge in [0.15, 0.2) is 0 Å². The van der Waals surface area contributed by atoms with E-state index in [1.165, 1.54) is 7.11 Å². The molecule has 0 bridgehead atoms. The number of rotatable bonds is 3. The highest BCUT2D eigenvalue weighted by atomic mass is 16.5. The molecule has 0 saturated carbocycles. The molecule has 92 valence electrons. The number of nitrogens with one attached hydrogen (secondary N) is 1. The van der Waals surface area contributed by atoms with Gasteiger partial charge < -0.3 is 14.8 Å². The normalized spacial score (nSPS) is 17.9. The predicted molar refractivity (Wildman–Crippen MR) is 57.8 cm³/mol. The van der Waals surface area contributed by atoms with Crippen LogP contribution >= 0.6 is 0 Å².